The van der Waals surface area contributed by atoms with Crippen LogP contribution >= 0.6 is 0 Å². The highest BCUT2D eigenvalue weighted by Gasteiger charge is 2.07. The minimum atomic E-state index is 0.231. The third-order valence-electron chi connectivity index (χ3n) is 2.86. The van der Waals surface area contributed by atoms with Crippen molar-refractivity contribution in [2.45, 2.75) is 6.42 Å². The summed E-state index contributed by atoms with van der Waals surface area (Å²) >= 11 is 0. The smallest absolute Gasteiger partial charge is 0.166 e. The Balaban J connectivity index is 1.97. The van der Waals surface area contributed by atoms with Crippen LogP contribution in [0.15, 0.2) is 42.6 Å². The molecule has 0 saturated carbocycles. The van der Waals surface area contributed by atoms with E-state index in [1.807, 2.05) is 12.1 Å². The van der Waals surface area contributed by atoms with Crippen LogP contribution in [-0.4, -0.2) is 26.0 Å². The van der Waals surface area contributed by atoms with Gasteiger partial charge in [0.2, 0.25) is 0 Å². The fourth-order valence-corrected chi connectivity index (χ4v) is 1.93. The van der Waals surface area contributed by atoms with E-state index in [1.54, 1.807) is 35.0 Å². The van der Waals surface area contributed by atoms with Crippen molar-refractivity contribution in [2.75, 3.05) is 0 Å². The molecule has 0 fully saturated rings. The van der Waals surface area contributed by atoms with Gasteiger partial charge < -0.3 is 5.11 Å². The van der Waals surface area contributed by atoms with Crippen LogP contribution in [0.3, 0.4) is 0 Å². The Morgan fingerprint density at radius 1 is 1.21 bits per heavy atom. The fraction of sp³-hybridized carbons (Fsp3) is 0.0714. The van der Waals surface area contributed by atoms with Crippen LogP contribution in [0.2, 0.25) is 0 Å². The Morgan fingerprint density at radius 3 is 2.74 bits per heavy atom. The van der Waals surface area contributed by atoms with E-state index >= 15 is 0 Å². The molecule has 1 N–H and O–H groups in total. The van der Waals surface area contributed by atoms with Crippen LogP contribution in [0.5, 0.6) is 5.75 Å². The van der Waals surface area contributed by atoms with Crippen molar-refractivity contribution in [2.24, 2.45) is 0 Å². The maximum Gasteiger partial charge on any atom is 0.166 e. The Kier molecular flexibility index (Phi) is 2.72. The number of aromatic nitrogens is 3. The molecule has 2 heterocycles. The Bertz CT molecular complexity index is 732. The first-order valence-electron chi connectivity index (χ1n) is 5.83. The van der Waals surface area contributed by atoms with Gasteiger partial charge in [0.05, 0.1) is 5.56 Å². The Morgan fingerprint density at radius 2 is 2.00 bits per heavy atom. The number of rotatable bonds is 3. The van der Waals surface area contributed by atoms with Crippen LogP contribution < -0.4 is 0 Å². The van der Waals surface area contributed by atoms with Crippen molar-refractivity contribution < 1.29 is 9.90 Å². The second kappa shape index (κ2) is 4.53. The van der Waals surface area contributed by atoms with Crippen LogP contribution in [0, 0.1) is 0 Å². The molecule has 1 aromatic carbocycles. The summed E-state index contributed by atoms with van der Waals surface area (Å²) < 4.78 is 1.60. The van der Waals surface area contributed by atoms with Crippen molar-refractivity contribution in [3.8, 4) is 5.75 Å². The number of phenolic OH excluding ortho intramolecular Hbond substituents is 1. The predicted octanol–water partition coefficient (Wildman–Crippen LogP) is 1.84. The zero-order valence-electron chi connectivity index (χ0n) is 10.0. The van der Waals surface area contributed by atoms with Crippen molar-refractivity contribution >= 4 is 11.9 Å². The molecule has 0 spiro atoms. The number of nitrogens with zero attached hydrogens (tertiary/aromatic N) is 3. The summed E-state index contributed by atoms with van der Waals surface area (Å²) in [6.07, 6.45) is 3.09. The quantitative estimate of drug-likeness (QED) is 0.723. The highest BCUT2D eigenvalue weighted by atomic mass is 16.3. The van der Waals surface area contributed by atoms with E-state index in [1.165, 1.54) is 0 Å². The molecule has 0 atom stereocenters. The lowest BCUT2D eigenvalue weighted by molar-refractivity contribution is 0.112. The van der Waals surface area contributed by atoms with Crippen molar-refractivity contribution in [1.82, 2.24) is 14.6 Å². The summed E-state index contributed by atoms with van der Waals surface area (Å²) in [5.74, 6) is 0.870. The van der Waals surface area contributed by atoms with Crippen LogP contribution in [-0.2, 0) is 6.42 Å². The standard InChI is InChI=1S/C14H11N3O2/c18-9-11-2-1-7-17-14(11)15-13(16-17)8-10-3-5-12(19)6-4-10/h1-7,9,19H,8H2. The molecule has 3 aromatic rings. The first kappa shape index (κ1) is 11.4. The average Bonchev–Trinajstić information content (AvgIpc) is 2.83. The van der Waals surface area contributed by atoms with E-state index in [2.05, 4.69) is 10.1 Å². The number of hydrogen-bond acceptors (Lipinski definition) is 4. The highest BCUT2D eigenvalue weighted by Crippen LogP contribution is 2.13. The zero-order valence-corrected chi connectivity index (χ0v) is 10.0. The maximum absolute atomic E-state index is 10.9. The van der Waals surface area contributed by atoms with Gasteiger partial charge in [0.1, 0.15) is 5.75 Å². The van der Waals surface area contributed by atoms with E-state index in [0.29, 0.717) is 23.5 Å². The molecule has 0 saturated heterocycles. The average molecular weight is 253 g/mol. The maximum atomic E-state index is 10.9. The minimum absolute atomic E-state index is 0.231. The topological polar surface area (TPSA) is 67.5 Å². The van der Waals surface area contributed by atoms with E-state index in [-0.39, 0.29) is 5.75 Å². The van der Waals surface area contributed by atoms with Gasteiger partial charge in [-0.05, 0) is 29.8 Å². The Labute approximate surface area is 109 Å². The number of fused-ring (bicyclic) bond motifs is 1. The third-order valence-corrected chi connectivity index (χ3v) is 2.86. The van der Waals surface area contributed by atoms with Crippen molar-refractivity contribution in [3.05, 3.63) is 59.5 Å². The van der Waals surface area contributed by atoms with E-state index in [4.69, 9.17) is 0 Å². The second-order valence-corrected chi connectivity index (χ2v) is 4.22. The van der Waals surface area contributed by atoms with Gasteiger partial charge in [-0.2, -0.15) is 5.10 Å². The lowest BCUT2D eigenvalue weighted by atomic mass is 10.1. The molecule has 0 unspecified atom stereocenters. The Hall–Kier alpha value is -2.69. The summed E-state index contributed by atoms with van der Waals surface area (Å²) in [6, 6.07) is 10.4. The largest absolute Gasteiger partial charge is 0.508 e. The molecule has 5 heteroatoms. The highest BCUT2D eigenvalue weighted by molar-refractivity contribution is 5.83. The molecule has 0 aliphatic carbocycles. The molecule has 0 aliphatic rings. The van der Waals surface area contributed by atoms with Crippen LogP contribution in [0.1, 0.15) is 21.7 Å². The molecule has 2 aromatic heterocycles. The molecule has 0 aliphatic heterocycles. The summed E-state index contributed by atoms with van der Waals surface area (Å²) in [7, 11) is 0. The lowest BCUT2D eigenvalue weighted by Crippen LogP contribution is -1.92. The summed E-state index contributed by atoms with van der Waals surface area (Å²) in [5, 5.41) is 13.6. The first-order valence-corrected chi connectivity index (χ1v) is 5.83. The fourth-order valence-electron chi connectivity index (χ4n) is 1.93. The van der Waals surface area contributed by atoms with Gasteiger partial charge in [-0.15, -0.1) is 0 Å². The van der Waals surface area contributed by atoms with Crippen LogP contribution in [0.25, 0.3) is 5.65 Å². The van der Waals surface area contributed by atoms with Crippen molar-refractivity contribution in [3.63, 3.8) is 0 Å². The third kappa shape index (κ3) is 2.18. The molecule has 94 valence electrons. The van der Waals surface area contributed by atoms with Gasteiger partial charge in [-0.3, -0.25) is 4.79 Å². The number of pyridine rings is 1. The molecule has 0 amide bonds. The number of aldehydes is 1. The van der Waals surface area contributed by atoms with E-state index in [0.717, 1.165) is 11.8 Å². The normalized spacial score (nSPS) is 10.7. The molecule has 5 nitrogen and oxygen atoms in total. The van der Waals surface area contributed by atoms with Gasteiger partial charge in [-0.1, -0.05) is 12.1 Å². The molecular weight excluding hydrogens is 242 g/mol. The summed E-state index contributed by atoms with van der Waals surface area (Å²) in [4.78, 5) is 15.3. The second-order valence-electron chi connectivity index (χ2n) is 4.22. The molecule has 3 rings (SSSR count). The molecule has 19 heavy (non-hydrogen) atoms. The zero-order chi connectivity index (χ0) is 13.2. The van der Waals surface area contributed by atoms with Gasteiger partial charge in [0, 0.05) is 12.6 Å². The number of hydrogen-bond donors (Lipinski definition) is 1. The van der Waals surface area contributed by atoms with Gasteiger partial charge in [0.25, 0.3) is 0 Å². The van der Waals surface area contributed by atoms with Gasteiger partial charge in [-0.25, -0.2) is 9.50 Å². The van der Waals surface area contributed by atoms with Gasteiger partial charge >= 0.3 is 0 Å². The molecule has 0 radical (unpaired) electrons. The number of aromatic hydroxyl groups is 1. The van der Waals surface area contributed by atoms with Gasteiger partial charge in [0.15, 0.2) is 17.8 Å². The predicted molar refractivity (Wildman–Crippen MR) is 69.3 cm³/mol. The first-order chi connectivity index (χ1) is 9.26. The van der Waals surface area contributed by atoms with Crippen molar-refractivity contribution in [1.29, 1.82) is 0 Å². The SMILES string of the molecule is O=Cc1cccn2nc(Cc3ccc(O)cc3)nc12. The minimum Gasteiger partial charge on any atom is -0.508 e. The van der Waals surface area contributed by atoms with E-state index < -0.39 is 0 Å². The van der Waals surface area contributed by atoms with Crippen LogP contribution in [0.4, 0.5) is 0 Å². The molecule has 0 bridgehead atoms. The van der Waals surface area contributed by atoms with E-state index in [9.17, 15) is 9.90 Å². The lowest BCUT2D eigenvalue weighted by Gasteiger charge is -1.96. The summed E-state index contributed by atoms with van der Waals surface area (Å²) in [5.41, 5.74) is 2.08. The number of benzene rings is 1. The molecular formula is C14H11N3O2. The number of carbonyl (C=O) groups is 1. The number of phenols is 1. The summed E-state index contributed by atoms with van der Waals surface area (Å²) in [6.45, 7) is 0. The number of carbonyl (C=O) groups excluding carboxylic acids is 1. The monoisotopic (exact) mass is 253 g/mol.